The highest BCUT2D eigenvalue weighted by Crippen LogP contribution is 2.24. The van der Waals surface area contributed by atoms with Crippen molar-refractivity contribution in [2.45, 2.75) is 19.9 Å². The molecule has 0 bridgehead atoms. The molecule has 1 amide bonds. The monoisotopic (exact) mass is 352 g/mol. The highest BCUT2D eigenvalue weighted by Gasteiger charge is 2.18. The van der Waals surface area contributed by atoms with Crippen molar-refractivity contribution < 1.29 is 13.9 Å². The molecule has 0 saturated heterocycles. The molecule has 1 aromatic heterocycles. The molecule has 0 unspecified atom stereocenters. The number of pyridine rings is 1. The lowest BCUT2D eigenvalue weighted by atomic mass is 10.1. The zero-order valence-electron chi connectivity index (χ0n) is 15.1. The Bertz CT molecular complexity index is 925. The second-order valence-corrected chi connectivity index (χ2v) is 6.30. The van der Waals surface area contributed by atoms with E-state index in [2.05, 4.69) is 4.98 Å². The fraction of sp³-hybridized carbons (Fsp3) is 0.238. The van der Waals surface area contributed by atoms with E-state index in [9.17, 15) is 9.18 Å². The average molecular weight is 352 g/mol. The standard InChI is InChI=1S/C21H21FN2O2/c1-14-7-8-17-5-4-6-19(21(17)23-14)26-13-20(25)24(3)15(2)16-9-11-18(22)12-10-16/h4-12,15H,13H2,1-3H3/t15-/m0/s1. The van der Waals surface area contributed by atoms with Gasteiger partial charge in [0.05, 0.1) is 6.04 Å². The molecule has 4 nitrogen and oxygen atoms in total. The van der Waals surface area contributed by atoms with Crippen molar-refractivity contribution in [3.63, 3.8) is 0 Å². The van der Waals surface area contributed by atoms with Gasteiger partial charge in [-0.15, -0.1) is 0 Å². The van der Waals surface area contributed by atoms with E-state index in [1.165, 1.54) is 12.1 Å². The van der Waals surface area contributed by atoms with Crippen LogP contribution in [-0.2, 0) is 4.79 Å². The second-order valence-electron chi connectivity index (χ2n) is 6.30. The van der Waals surface area contributed by atoms with E-state index in [0.717, 1.165) is 22.2 Å². The number of rotatable bonds is 5. The molecule has 0 fully saturated rings. The first-order valence-electron chi connectivity index (χ1n) is 8.46. The summed E-state index contributed by atoms with van der Waals surface area (Å²) in [4.78, 5) is 18.6. The van der Waals surface area contributed by atoms with Crippen molar-refractivity contribution in [3.05, 3.63) is 71.7 Å². The van der Waals surface area contributed by atoms with Crippen molar-refractivity contribution in [2.75, 3.05) is 13.7 Å². The SMILES string of the molecule is Cc1ccc2cccc(OCC(=O)N(C)[C@@H](C)c3ccc(F)cc3)c2n1. The number of carbonyl (C=O) groups excluding carboxylic acids is 1. The summed E-state index contributed by atoms with van der Waals surface area (Å²) in [5.41, 5.74) is 2.50. The molecule has 0 saturated carbocycles. The van der Waals surface area contributed by atoms with Crippen LogP contribution in [0.25, 0.3) is 10.9 Å². The van der Waals surface area contributed by atoms with E-state index in [0.29, 0.717) is 5.75 Å². The zero-order valence-corrected chi connectivity index (χ0v) is 15.1. The van der Waals surface area contributed by atoms with Crippen molar-refractivity contribution in [2.24, 2.45) is 0 Å². The molecule has 0 radical (unpaired) electrons. The zero-order chi connectivity index (χ0) is 18.7. The van der Waals surface area contributed by atoms with Crippen LogP contribution in [0.15, 0.2) is 54.6 Å². The summed E-state index contributed by atoms with van der Waals surface area (Å²) in [6.45, 7) is 3.73. The third-order valence-electron chi connectivity index (χ3n) is 4.50. The van der Waals surface area contributed by atoms with Gasteiger partial charge in [-0.05, 0) is 43.7 Å². The lowest BCUT2D eigenvalue weighted by Crippen LogP contribution is -2.33. The molecule has 0 aliphatic carbocycles. The van der Waals surface area contributed by atoms with Crippen LogP contribution in [0.4, 0.5) is 4.39 Å². The molecular formula is C21H21FN2O2. The number of amides is 1. The Kier molecular flexibility index (Phi) is 5.16. The summed E-state index contributed by atoms with van der Waals surface area (Å²) >= 11 is 0. The minimum absolute atomic E-state index is 0.0865. The van der Waals surface area contributed by atoms with E-state index < -0.39 is 0 Å². The third kappa shape index (κ3) is 3.82. The first-order valence-corrected chi connectivity index (χ1v) is 8.46. The van der Waals surface area contributed by atoms with Crippen LogP contribution < -0.4 is 4.74 Å². The number of likely N-dealkylation sites (N-methyl/N-ethyl adjacent to an activating group) is 1. The Labute approximate surface area is 152 Å². The smallest absolute Gasteiger partial charge is 0.260 e. The molecule has 5 heteroatoms. The van der Waals surface area contributed by atoms with Gasteiger partial charge in [0.2, 0.25) is 0 Å². The number of hydrogen-bond acceptors (Lipinski definition) is 3. The molecule has 0 N–H and O–H groups in total. The highest BCUT2D eigenvalue weighted by atomic mass is 19.1. The maximum absolute atomic E-state index is 13.1. The number of ether oxygens (including phenoxy) is 1. The normalized spacial score (nSPS) is 12.0. The van der Waals surface area contributed by atoms with E-state index in [4.69, 9.17) is 4.74 Å². The number of carbonyl (C=O) groups is 1. The molecular weight excluding hydrogens is 331 g/mol. The Morgan fingerprint density at radius 1 is 1.15 bits per heavy atom. The summed E-state index contributed by atoms with van der Waals surface area (Å²) in [5, 5.41) is 0.966. The maximum Gasteiger partial charge on any atom is 0.260 e. The van der Waals surface area contributed by atoms with E-state index in [-0.39, 0.29) is 24.4 Å². The summed E-state index contributed by atoms with van der Waals surface area (Å²) in [6.07, 6.45) is 0. The third-order valence-corrected chi connectivity index (χ3v) is 4.50. The molecule has 2 aromatic carbocycles. The van der Waals surface area contributed by atoms with Crippen molar-refractivity contribution >= 4 is 16.8 Å². The lowest BCUT2D eigenvalue weighted by Gasteiger charge is -2.25. The van der Waals surface area contributed by atoms with Crippen LogP contribution in [0, 0.1) is 12.7 Å². The number of nitrogens with zero attached hydrogens (tertiary/aromatic N) is 2. The largest absolute Gasteiger partial charge is 0.481 e. The molecule has 0 spiro atoms. The molecule has 1 heterocycles. The number of fused-ring (bicyclic) bond motifs is 1. The minimum Gasteiger partial charge on any atom is -0.481 e. The number of benzene rings is 2. The summed E-state index contributed by atoms with van der Waals surface area (Å²) < 4.78 is 18.8. The van der Waals surface area contributed by atoms with Crippen molar-refractivity contribution in [1.29, 1.82) is 0 Å². The van der Waals surface area contributed by atoms with Crippen LogP contribution in [-0.4, -0.2) is 29.4 Å². The van der Waals surface area contributed by atoms with Crippen LogP contribution in [0.5, 0.6) is 5.75 Å². The van der Waals surface area contributed by atoms with Gasteiger partial charge in [-0.25, -0.2) is 9.37 Å². The number of para-hydroxylation sites is 1. The van der Waals surface area contributed by atoms with Crippen molar-refractivity contribution in [1.82, 2.24) is 9.88 Å². The molecule has 0 aliphatic rings. The molecule has 1 atom stereocenters. The number of aromatic nitrogens is 1. The van der Waals surface area contributed by atoms with Crippen LogP contribution in [0.1, 0.15) is 24.2 Å². The minimum atomic E-state index is -0.294. The number of halogens is 1. The van der Waals surface area contributed by atoms with E-state index in [1.54, 1.807) is 24.1 Å². The summed E-state index contributed by atoms with van der Waals surface area (Å²) in [6, 6.07) is 15.5. The predicted molar refractivity (Wildman–Crippen MR) is 99.6 cm³/mol. The fourth-order valence-electron chi connectivity index (χ4n) is 2.76. The predicted octanol–water partition coefficient (Wildman–Crippen LogP) is 4.28. The van der Waals surface area contributed by atoms with Gasteiger partial charge in [0.1, 0.15) is 17.1 Å². The van der Waals surface area contributed by atoms with Gasteiger partial charge in [0.25, 0.3) is 5.91 Å². The maximum atomic E-state index is 13.1. The Morgan fingerprint density at radius 3 is 2.62 bits per heavy atom. The van der Waals surface area contributed by atoms with Gasteiger partial charge in [-0.2, -0.15) is 0 Å². The Morgan fingerprint density at radius 2 is 1.88 bits per heavy atom. The van der Waals surface area contributed by atoms with Gasteiger partial charge < -0.3 is 9.64 Å². The van der Waals surface area contributed by atoms with Crippen molar-refractivity contribution in [3.8, 4) is 5.75 Å². The number of hydrogen-bond donors (Lipinski definition) is 0. The molecule has 134 valence electrons. The van der Waals surface area contributed by atoms with Gasteiger partial charge in [-0.3, -0.25) is 4.79 Å². The summed E-state index contributed by atoms with van der Waals surface area (Å²) in [5.74, 6) is 0.130. The van der Waals surface area contributed by atoms with Gasteiger partial charge in [0.15, 0.2) is 6.61 Å². The lowest BCUT2D eigenvalue weighted by molar-refractivity contribution is -0.133. The number of aryl methyl sites for hydroxylation is 1. The van der Waals surface area contributed by atoms with E-state index >= 15 is 0 Å². The van der Waals surface area contributed by atoms with Gasteiger partial charge in [0, 0.05) is 18.1 Å². The second kappa shape index (κ2) is 7.52. The van der Waals surface area contributed by atoms with Crippen LogP contribution in [0.3, 0.4) is 0 Å². The average Bonchev–Trinajstić information content (AvgIpc) is 2.65. The molecule has 3 rings (SSSR count). The molecule has 26 heavy (non-hydrogen) atoms. The highest BCUT2D eigenvalue weighted by molar-refractivity contribution is 5.85. The molecule has 3 aromatic rings. The molecule has 0 aliphatic heterocycles. The quantitative estimate of drug-likeness (QED) is 0.688. The van der Waals surface area contributed by atoms with Gasteiger partial charge >= 0.3 is 0 Å². The Hall–Kier alpha value is -2.95. The van der Waals surface area contributed by atoms with Gasteiger partial charge in [-0.1, -0.05) is 30.3 Å². The first kappa shape index (κ1) is 17.9. The first-order chi connectivity index (χ1) is 12.5. The van der Waals surface area contributed by atoms with Crippen LogP contribution in [0.2, 0.25) is 0 Å². The Balaban J connectivity index is 1.70. The topological polar surface area (TPSA) is 42.4 Å². The fourth-order valence-corrected chi connectivity index (χ4v) is 2.76. The van der Waals surface area contributed by atoms with Crippen LogP contribution >= 0.6 is 0 Å². The summed E-state index contributed by atoms with van der Waals surface area (Å²) in [7, 11) is 1.71. The van der Waals surface area contributed by atoms with E-state index in [1.807, 2.05) is 44.2 Å².